The molecule has 0 bridgehead atoms. The molecule has 0 heterocycles. The molecule has 1 atom stereocenters. The first-order chi connectivity index (χ1) is 8.00. The Kier molecular flexibility index (Phi) is 5.12. The second-order valence-electron chi connectivity index (χ2n) is 4.42. The van der Waals surface area contributed by atoms with Crippen molar-refractivity contribution in [2.75, 3.05) is 13.1 Å². The number of carbonyl (C=O) groups is 1. The van der Waals surface area contributed by atoms with Crippen LogP contribution in [0.4, 0.5) is 0 Å². The predicted octanol–water partition coefficient (Wildman–Crippen LogP) is 0.916. The molecule has 1 aromatic carbocycles. The fourth-order valence-corrected chi connectivity index (χ4v) is 1.66. The van der Waals surface area contributed by atoms with E-state index in [9.17, 15) is 9.90 Å². The Labute approximate surface area is 102 Å². The summed E-state index contributed by atoms with van der Waals surface area (Å²) in [6.07, 6.45) is -0.599. The topological polar surface area (TPSA) is 66.6 Å². The van der Waals surface area contributed by atoms with Crippen molar-refractivity contribution in [3.05, 3.63) is 35.9 Å². The van der Waals surface area contributed by atoms with Gasteiger partial charge in [-0.1, -0.05) is 30.3 Å². The first-order valence-electron chi connectivity index (χ1n) is 5.76. The minimum absolute atomic E-state index is 0.167. The van der Waals surface area contributed by atoms with Crippen molar-refractivity contribution in [2.24, 2.45) is 5.73 Å². The number of primary amides is 1. The molecule has 0 aliphatic carbocycles. The van der Waals surface area contributed by atoms with E-state index >= 15 is 0 Å². The molecule has 1 unspecified atom stereocenters. The summed E-state index contributed by atoms with van der Waals surface area (Å²) < 4.78 is 0. The zero-order valence-electron chi connectivity index (χ0n) is 10.3. The maximum atomic E-state index is 10.9. The number of nitrogens with two attached hydrogens (primary N) is 1. The number of amides is 1. The number of carbonyl (C=O) groups excluding carboxylic acids is 1. The van der Waals surface area contributed by atoms with Crippen LogP contribution in [0.25, 0.3) is 0 Å². The van der Waals surface area contributed by atoms with Crippen LogP contribution in [-0.2, 0) is 4.79 Å². The summed E-state index contributed by atoms with van der Waals surface area (Å²) in [4.78, 5) is 12.8. The van der Waals surface area contributed by atoms with Crippen LogP contribution < -0.4 is 5.73 Å². The molecule has 0 aromatic heterocycles. The third kappa shape index (κ3) is 4.54. The zero-order chi connectivity index (χ0) is 12.8. The van der Waals surface area contributed by atoms with Crippen molar-refractivity contribution in [2.45, 2.75) is 26.0 Å². The second kappa shape index (κ2) is 6.37. The van der Waals surface area contributed by atoms with E-state index < -0.39 is 6.10 Å². The summed E-state index contributed by atoms with van der Waals surface area (Å²) in [5, 5.41) is 10.1. The monoisotopic (exact) mass is 236 g/mol. The number of rotatable bonds is 6. The average Bonchev–Trinajstić information content (AvgIpc) is 2.28. The molecule has 0 spiro atoms. The Morgan fingerprint density at radius 3 is 2.41 bits per heavy atom. The first kappa shape index (κ1) is 13.7. The van der Waals surface area contributed by atoms with Gasteiger partial charge < -0.3 is 10.8 Å². The molecule has 1 aromatic rings. The highest BCUT2D eigenvalue weighted by atomic mass is 16.3. The molecule has 0 radical (unpaired) electrons. The summed E-state index contributed by atoms with van der Waals surface area (Å²) in [7, 11) is 0. The van der Waals surface area contributed by atoms with Crippen molar-refractivity contribution in [1.82, 2.24) is 4.90 Å². The number of aliphatic hydroxyl groups is 1. The molecule has 0 saturated heterocycles. The summed E-state index contributed by atoms with van der Waals surface area (Å²) in [5.74, 6) is -0.376. The summed E-state index contributed by atoms with van der Waals surface area (Å²) in [5.41, 5.74) is 6.03. The lowest BCUT2D eigenvalue weighted by atomic mass is 10.1. The fourth-order valence-electron chi connectivity index (χ4n) is 1.66. The van der Waals surface area contributed by atoms with Crippen molar-refractivity contribution in [3.8, 4) is 0 Å². The molecule has 0 saturated carbocycles. The van der Waals surface area contributed by atoms with Crippen LogP contribution in [0.5, 0.6) is 0 Å². The lowest BCUT2D eigenvalue weighted by Crippen LogP contribution is -2.40. The van der Waals surface area contributed by atoms with Crippen molar-refractivity contribution >= 4 is 5.91 Å². The van der Waals surface area contributed by atoms with Crippen molar-refractivity contribution < 1.29 is 9.90 Å². The van der Waals surface area contributed by atoms with Gasteiger partial charge in [-0.2, -0.15) is 0 Å². The number of hydrogen-bond donors (Lipinski definition) is 2. The highest BCUT2D eigenvalue weighted by Crippen LogP contribution is 2.14. The second-order valence-corrected chi connectivity index (χ2v) is 4.42. The number of benzene rings is 1. The Balaban J connectivity index is 2.64. The standard InChI is InChI=1S/C13H20N2O2/c1-10(2)15(9-13(14)17)8-12(16)11-6-4-3-5-7-11/h3-7,10,12,16H,8-9H2,1-2H3,(H2,14,17). The van der Waals surface area contributed by atoms with E-state index in [-0.39, 0.29) is 18.5 Å². The Bertz CT molecular complexity index is 352. The lowest BCUT2D eigenvalue weighted by molar-refractivity contribution is -0.119. The Hall–Kier alpha value is -1.39. The molecular weight excluding hydrogens is 216 g/mol. The quantitative estimate of drug-likeness (QED) is 0.771. The largest absolute Gasteiger partial charge is 0.387 e. The molecule has 17 heavy (non-hydrogen) atoms. The fraction of sp³-hybridized carbons (Fsp3) is 0.462. The van der Waals surface area contributed by atoms with Gasteiger partial charge in [0.15, 0.2) is 0 Å². The van der Waals surface area contributed by atoms with E-state index in [2.05, 4.69) is 0 Å². The van der Waals surface area contributed by atoms with Gasteiger partial charge in [0.05, 0.1) is 12.6 Å². The van der Waals surface area contributed by atoms with Gasteiger partial charge in [-0.05, 0) is 19.4 Å². The number of nitrogens with zero attached hydrogens (tertiary/aromatic N) is 1. The summed E-state index contributed by atoms with van der Waals surface area (Å²) >= 11 is 0. The van der Waals surface area contributed by atoms with Gasteiger partial charge in [-0.3, -0.25) is 9.69 Å². The van der Waals surface area contributed by atoms with Crippen LogP contribution in [0.2, 0.25) is 0 Å². The van der Waals surface area contributed by atoms with Crippen LogP contribution in [0, 0.1) is 0 Å². The van der Waals surface area contributed by atoms with Gasteiger partial charge in [0, 0.05) is 12.6 Å². The van der Waals surface area contributed by atoms with Gasteiger partial charge in [0.2, 0.25) is 5.91 Å². The third-order valence-corrected chi connectivity index (χ3v) is 2.68. The van der Waals surface area contributed by atoms with E-state index in [1.807, 2.05) is 49.1 Å². The van der Waals surface area contributed by atoms with E-state index in [0.29, 0.717) is 6.54 Å². The zero-order valence-corrected chi connectivity index (χ0v) is 10.3. The van der Waals surface area contributed by atoms with Gasteiger partial charge in [0.1, 0.15) is 0 Å². The third-order valence-electron chi connectivity index (χ3n) is 2.68. The normalized spacial score (nSPS) is 13.0. The average molecular weight is 236 g/mol. The molecule has 4 heteroatoms. The van der Waals surface area contributed by atoms with Crippen LogP contribution in [0.3, 0.4) is 0 Å². The lowest BCUT2D eigenvalue weighted by Gasteiger charge is -2.27. The highest BCUT2D eigenvalue weighted by Gasteiger charge is 2.17. The first-order valence-corrected chi connectivity index (χ1v) is 5.76. The summed E-state index contributed by atoms with van der Waals surface area (Å²) in [6.45, 7) is 4.52. The molecular formula is C13H20N2O2. The SMILES string of the molecule is CC(C)N(CC(N)=O)CC(O)c1ccccc1. The Morgan fingerprint density at radius 1 is 1.35 bits per heavy atom. The molecule has 4 nitrogen and oxygen atoms in total. The van der Waals surface area contributed by atoms with Crippen LogP contribution >= 0.6 is 0 Å². The predicted molar refractivity (Wildman–Crippen MR) is 67.3 cm³/mol. The summed E-state index contributed by atoms with van der Waals surface area (Å²) in [6, 6.07) is 9.57. The van der Waals surface area contributed by atoms with Gasteiger partial charge in [-0.25, -0.2) is 0 Å². The highest BCUT2D eigenvalue weighted by molar-refractivity contribution is 5.75. The maximum absolute atomic E-state index is 10.9. The molecule has 0 aliphatic rings. The van der Waals surface area contributed by atoms with Crippen LogP contribution in [0.15, 0.2) is 30.3 Å². The molecule has 0 aliphatic heterocycles. The molecule has 1 amide bonds. The smallest absolute Gasteiger partial charge is 0.231 e. The van der Waals surface area contributed by atoms with E-state index in [0.717, 1.165) is 5.56 Å². The van der Waals surface area contributed by atoms with Crippen LogP contribution in [-0.4, -0.2) is 35.0 Å². The van der Waals surface area contributed by atoms with E-state index in [4.69, 9.17) is 5.73 Å². The molecule has 0 fully saturated rings. The van der Waals surface area contributed by atoms with E-state index in [1.165, 1.54) is 0 Å². The Morgan fingerprint density at radius 2 is 1.94 bits per heavy atom. The van der Waals surface area contributed by atoms with E-state index in [1.54, 1.807) is 0 Å². The van der Waals surface area contributed by atoms with Crippen LogP contribution in [0.1, 0.15) is 25.5 Å². The number of aliphatic hydroxyl groups excluding tert-OH is 1. The van der Waals surface area contributed by atoms with Gasteiger partial charge in [0.25, 0.3) is 0 Å². The minimum Gasteiger partial charge on any atom is -0.387 e. The van der Waals surface area contributed by atoms with Gasteiger partial charge in [-0.15, -0.1) is 0 Å². The number of hydrogen-bond acceptors (Lipinski definition) is 3. The minimum atomic E-state index is -0.599. The van der Waals surface area contributed by atoms with Crippen molar-refractivity contribution in [3.63, 3.8) is 0 Å². The molecule has 3 N–H and O–H groups in total. The van der Waals surface area contributed by atoms with Gasteiger partial charge >= 0.3 is 0 Å². The molecule has 1 rings (SSSR count). The maximum Gasteiger partial charge on any atom is 0.231 e. The molecule has 94 valence electrons. The van der Waals surface area contributed by atoms with Crippen molar-refractivity contribution in [1.29, 1.82) is 0 Å².